The van der Waals surface area contributed by atoms with Gasteiger partial charge in [-0.3, -0.25) is 4.79 Å². The molecular formula is C14H21N3O2S2. The van der Waals surface area contributed by atoms with E-state index in [2.05, 4.69) is 10.6 Å². The van der Waals surface area contributed by atoms with Crippen LogP contribution in [-0.2, 0) is 4.74 Å². The monoisotopic (exact) mass is 327 g/mol. The van der Waals surface area contributed by atoms with Crippen molar-refractivity contribution in [2.24, 2.45) is 0 Å². The van der Waals surface area contributed by atoms with Crippen molar-refractivity contribution in [3.63, 3.8) is 0 Å². The average Bonchev–Trinajstić information content (AvgIpc) is 3.02. The van der Waals surface area contributed by atoms with E-state index in [0.29, 0.717) is 16.6 Å². The summed E-state index contributed by atoms with van der Waals surface area (Å²) in [6, 6.07) is 0.347. The molecule has 0 spiro atoms. The van der Waals surface area contributed by atoms with Gasteiger partial charge in [-0.15, -0.1) is 23.1 Å². The molecular weight excluding hydrogens is 306 g/mol. The molecule has 3 rings (SSSR count). The van der Waals surface area contributed by atoms with Crippen molar-refractivity contribution in [2.45, 2.75) is 42.7 Å². The first kappa shape index (κ1) is 15.0. The zero-order valence-electron chi connectivity index (χ0n) is 12.1. The molecule has 1 amide bonds. The Morgan fingerprint density at radius 3 is 2.90 bits per heavy atom. The first-order valence-corrected chi connectivity index (χ1v) is 9.35. The van der Waals surface area contributed by atoms with Crippen molar-refractivity contribution in [2.75, 3.05) is 30.5 Å². The number of carbonyl (C=O) groups is 1. The van der Waals surface area contributed by atoms with E-state index in [0.717, 1.165) is 48.7 Å². The van der Waals surface area contributed by atoms with Crippen LogP contribution in [-0.4, -0.2) is 37.5 Å². The van der Waals surface area contributed by atoms with E-state index < -0.39 is 0 Å². The number of amides is 1. The van der Waals surface area contributed by atoms with Gasteiger partial charge in [0.05, 0.1) is 16.7 Å². The highest BCUT2D eigenvalue weighted by molar-refractivity contribution is 7.99. The largest absolute Gasteiger partial charge is 0.396 e. The van der Waals surface area contributed by atoms with Gasteiger partial charge in [0.2, 0.25) is 0 Å². The average molecular weight is 327 g/mol. The van der Waals surface area contributed by atoms with Crippen molar-refractivity contribution < 1.29 is 9.53 Å². The Labute approximate surface area is 133 Å². The Bertz CT molecular complexity index is 523. The second-order valence-electron chi connectivity index (χ2n) is 5.47. The lowest BCUT2D eigenvalue weighted by molar-refractivity contribution is 0.0956. The molecule has 1 atom stereocenters. The number of rotatable bonds is 6. The minimum absolute atomic E-state index is 0.0412. The molecule has 2 aliphatic rings. The number of nitrogens with one attached hydrogen (secondary N) is 2. The van der Waals surface area contributed by atoms with Crippen LogP contribution in [0.3, 0.4) is 0 Å². The van der Waals surface area contributed by atoms with Crippen LogP contribution in [0.25, 0.3) is 0 Å². The number of nitrogens with two attached hydrogens (primary N) is 1. The number of ether oxygens (including phenoxy) is 1. The molecule has 0 bridgehead atoms. The van der Waals surface area contributed by atoms with Gasteiger partial charge in [0.15, 0.2) is 0 Å². The molecule has 1 aromatic rings. The van der Waals surface area contributed by atoms with Gasteiger partial charge in [-0.1, -0.05) is 0 Å². The van der Waals surface area contributed by atoms with Gasteiger partial charge in [0, 0.05) is 19.2 Å². The van der Waals surface area contributed by atoms with E-state index in [1.54, 1.807) is 11.8 Å². The summed E-state index contributed by atoms with van der Waals surface area (Å²) in [6.07, 6.45) is 6.64. The van der Waals surface area contributed by atoms with Crippen molar-refractivity contribution >= 4 is 39.7 Å². The van der Waals surface area contributed by atoms with Gasteiger partial charge in [-0.25, -0.2) is 0 Å². The Balaban J connectivity index is 1.70. The molecule has 116 valence electrons. The van der Waals surface area contributed by atoms with Gasteiger partial charge in [0.1, 0.15) is 9.88 Å². The minimum Gasteiger partial charge on any atom is -0.396 e. The van der Waals surface area contributed by atoms with Gasteiger partial charge >= 0.3 is 0 Å². The fourth-order valence-electron chi connectivity index (χ4n) is 2.41. The van der Waals surface area contributed by atoms with E-state index in [1.165, 1.54) is 11.3 Å². The zero-order valence-corrected chi connectivity index (χ0v) is 13.7. The molecule has 1 saturated carbocycles. The second kappa shape index (κ2) is 6.46. The van der Waals surface area contributed by atoms with Gasteiger partial charge in [-0.2, -0.15) is 0 Å². The van der Waals surface area contributed by atoms with E-state index in [9.17, 15) is 4.79 Å². The van der Waals surface area contributed by atoms with E-state index in [-0.39, 0.29) is 12.0 Å². The molecule has 2 heterocycles. The SMILES string of the molecule is CSc1c(NCC2CCCO2)sc(C(=O)NC2CC2)c1N. The molecule has 5 nitrogen and oxygen atoms in total. The molecule has 1 unspecified atom stereocenters. The summed E-state index contributed by atoms with van der Waals surface area (Å²) in [5.74, 6) is -0.0412. The lowest BCUT2D eigenvalue weighted by atomic mass is 10.2. The number of thiophene rings is 1. The fourth-order valence-corrected chi connectivity index (χ4v) is 4.35. The van der Waals surface area contributed by atoms with Gasteiger partial charge < -0.3 is 21.1 Å². The molecule has 1 aliphatic heterocycles. The maximum atomic E-state index is 12.2. The standard InChI is InChI=1S/C14H21N3O2S2/c1-20-12-10(15)11(13(18)17-8-4-5-8)21-14(12)16-7-9-3-2-6-19-9/h8-9,16H,2-7,15H2,1H3,(H,17,18). The number of anilines is 2. The predicted octanol–water partition coefficient (Wildman–Crippen LogP) is 2.54. The van der Waals surface area contributed by atoms with Crippen molar-refractivity contribution in [3.8, 4) is 0 Å². The summed E-state index contributed by atoms with van der Waals surface area (Å²) in [7, 11) is 0. The van der Waals surface area contributed by atoms with Crippen LogP contribution in [0.1, 0.15) is 35.4 Å². The van der Waals surface area contributed by atoms with Crippen LogP contribution in [0.15, 0.2) is 4.90 Å². The predicted molar refractivity (Wildman–Crippen MR) is 88.5 cm³/mol. The second-order valence-corrected chi connectivity index (χ2v) is 7.31. The minimum atomic E-state index is -0.0412. The molecule has 1 saturated heterocycles. The third-order valence-electron chi connectivity index (χ3n) is 3.74. The highest BCUT2D eigenvalue weighted by Crippen LogP contribution is 2.42. The highest BCUT2D eigenvalue weighted by atomic mass is 32.2. The molecule has 1 aromatic heterocycles. The Hall–Kier alpha value is -0.920. The van der Waals surface area contributed by atoms with Gasteiger partial charge in [-0.05, 0) is 31.9 Å². The Morgan fingerprint density at radius 2 is 2.29 bits per heavy atom. The van der Waals surface area contributed by atoms with E-state index in [1.807, 2.05) is 6.26 Å². The quantitative estimate of drug-likeness (QED) is 0.700. The maximum Gasteiger partial charge on any atom is 0.263 e. The first-order valence-electron chi connectivity index (χ1n) is 7.31. The third-order valence-corrected chi connectivity index (χ3v) is 5.86. The van der Waals surface area contributed by atoms with Crippen LogP contribution in [0.5, 0.6) is 0 Å². The number of hydrogen-bond donors (Lipinski definition) is 3. The Morgan fingerprint density at radius 1 is 1.48 bits per heavy atom. The first-order chi connectivity index (χ1) is 10.2. The molecule has 4 N–H and O–H groups in total. The van der Waals surface area contributed by atoms with Crippen LogP contribution < -0.4 is 16.4 Å². The van der Waals surface area contributed by atoms with Crippen molar-refractivity contribution in [1.29, 1.82) is 0 Å². The highest BCUT2D eigenvalue weighted by Gasteiger charge is 2.27. The Kier molecular flexibility index (Phi) is 4.61. The summed E-state index contributed by atoms with van der Waals surface area (Å²) in [6.45, 7) is 1.63. The normalized spacial score (nSPS) is 21.5. The smallest absolute Gasteiger partial charge is 0.263 e. The summed E-state index contributed by atoms with van der Waals surface area (Å²) < 4.78 is 5.62. The molecule has 0 radical (unpaired) electrons. The summed E-state index contributed by atoms with van der Waals surface area (Å²) in [4.78, 5) is 13.8. The molecule has 0 aromatic carbocycles. The van der Waals surface area contributed by atoms with Crippen LogP contribution in [0, 0.1) is 0 Å². The summed E-state index contributed by atoms with van der Waals surface area (Å²) in [5, 5.41) is 7.39. The van der Waals surface area contributed by atoms with E-state index in [4.69, 9.17) is 10.5 Å². The lowest BCUT2D eigenvalue weighted by Gasteiger charge is -2.11. The summed E-state index contributed by atoms with van der Waals surface area (Å²) in [5.41, 5.74) is 6.75. The van der Waals surface area contributed by atoms with Gasteiger partial charge in [0.25, 0.3) is 5.91 Å². The van der Waals surface area contributed by atoms with Crippen LogP contribution in [0.2, 0.25) is 0 Å². The van der Waals surface area contributed by atoms with Crippen molar-refractivity contribution in [3.05, 3.63) is 4.88 Å². The topological polar surface area (TPSA) is 76.4 Å². The molecule has 1 aliphatic carbocycles. The van der Waals surface area contributed by atoms with Crippen LogP contribution in [0.4, 0.5) is 10.7 Å². The zero-order chi connectivity index (χ0) is 14.8. The number of hydrogen-bond acceptors (Lipinski definition) is 6. The van der Waals surface area contributed by atoms with E-state index >= 15 is 0 Å². The molecule has 2 fully saturated rings. The fraction of sp³-hybridized carbons (Fsp3) is 0.643. The van der Waals surface area contributed by atoms with Crippen LogP contribution >= 0.6 is 23.1 Å². The number of carbonyl (C=O) groups excluding carboxylic acids is 1. The number of nitrogen functional groups attached to an aromatic ring is 1. The summed E-state index contributed by atoms with van der Waals surface area (Å²) >= 11 is 3.03. The molecule has 21 heavy (non-hydrogen) atoms. The number of thioether (sulfide) groups is 1. The molecule has 7 heteroatoms. The third kappa shape index (κ3) is 3.46. The lowest BCUT2D eigenvalue weighted by Crippen LogP contribution is -2.25. The van der Waals surface area contributed by atoms with Crippen molar-refractivity contribution in [1.82, 2.24) is 5.32 Å². The maximum absolute atomic E-state index is 12.2.